The molecule has 20 heavy (non-hydrogen) atoms. The molecule has 0 aliphatic rings. The number of nitrogens with zero attached hydrogens (tertiary/aromatic N) is 2. The van der Waals surface area contributed by atoms with Crippen molar-refractivity contribution in [3.05, 3.63) is 41.7 Å². The van der Waals surface area contributed by atoms with E-state index in [-0.39, 0.29) is 5.75 Å². The van der Waals surface area contributed by atoms with Crippen LogP contribution in [0.5, 0.6) is 0 Å². The third-order valence-corrected chi connectivity index (χ3v) is 3.68. The fourth-order valence-corrected chi connectivity index (χ4v) is 2.90. The zero-order valence-corrected chi connectivity index (χ0v) is 12.1. The van der Waals surface area contributed by atoms with Crippen molar-refractivity contribution < 1.29 is 13.2 Å². The van der Waals surface area contributed by atoms with Gasteiger partial charge in [-0.25, -0.2) is 4.98 Å². The van der Waals surface area contributed by atoms with E-state index < -0.39 is 12.6 Å². The Morgan fingerprint density at radius 3 is 2.40 bits per heavy atom. The van der Waals surface area contributed by atoms with Gasteiger partial charge >= 0.3 is 6.18 Å². The summed E-state index contributed by atoms with van der Waals surface area (Å²) in [5.41, 5.74) is 3.15. The van der Waals surface area contributed by atoms with Crippen LogP contribution in [-0.2, 0) is 0 Å². The van der Waals surface area contributed by atoms with E-state index >= 15 is 0 Å². The Balaban J connectivity index is 2.16. The second-order valence-electron chi connectivity index (χ2n) is 4.64. The van der Waals surface area contributed by atoms with Crippen LogP contribution in [0.15, 0.2) is 35.7 Å². The Labute approximate surface area is 120 Å². The van der Waals surface area contributed by atoms with Crippen molar-refractivity contribution in [2.75, 3.05) is 5.75 Å². The number of rotatable bonds is 4. The van der Waals surface area contributed by atoms with Gasteiger partial charge in [-0.15, -0.1) is 0 Å². The van der Waals surface area contributed by atoms with Gasteiger partial charge in [0.15, 0.2) is 5.16 Å². The lowest BCUT2D eigenvalue weighted by atomic mass is 10.1. The van der Waals surface area contributed by atoms with Gasteiger partial charge in [0.2, 0.25) is 0 Å². The van der Waals surface area contributed by atoms with Crippen LogP contribution >= 0.6 is 11.8 Å². The Morgan fingerprint density at radius 1 is 1.15 bits per heavy atom. The van der Waals surface area contributed by atoms with E-state index in [9.17, 15) is 13.2 Å². The van der Waals surface area contributed by atoms with E-state index in [1.807, 2.05) is 30.5 Å². The second-order valence-corrected chi connectivity index (χ2v) is 5.70. The van der Waals surface area contributed by atoms with Crippen molar-refractivity contribution >= 4 is 11.8 Å². The zero-order chi connectivity index (χ0) is 14.8. The Hall–Kier alpha value is -1.43. The number of aromatic nitrogens is 2. The van der Waals surface area contributed by atoms with Gasteiger partial charge in [0.25, 0.3) is 0 Å². The molecule has 0 bridgehead atoms. The van der Waals surface area contributed by atoms with E-state index in [1.165, 1.54) is 0 Å². The number of aryl methyl sites for hydroxylation is 2. The van der Waals surface area contributed by atoms with Gasteiger partial charge in [-0.2, -0.15) is 13.2 Å². The average Bonchev–Trinajstić information content (AvgIpc) is 2.74. The largest absolute Gasteiger partial charge is 0.389 e. The maximum atomic E-state index is 12.2. The normalized spacial score (nSPS) is 11.8. The van der Waals surface area contributed by atoms with Crippen LogP contribution in [0.4, 0.5) is 13.2 Å². The fourth-order valence-electron chi connectivity index (χ4n) is 1.94. The molecule has 0 saturated heterocycles. The Kier molecular flexibility index (Phi) is 4.42. The van der Waals surface area contributed by atoms with Crippen LogP contribution in [0.1, 0.15) is 17.5 Å². The molecular weight excluding hydrogens is 285 g/mol. The first-order valence-electron chi connectivity index (χ1n) is 6.17. The molecule has 6 heteroatoms. The molecule has 0 unspecified atom stereocenters. The topological polar surface area (TPSA) is 17.8 Å². The third kappa shape index (κ3) is 4.03. The number of hydrogen-bond acceptors (Lipinski definition) is 2. The van der Waals surface area contributed by atoms with Gasteiger partial charge in [0.1, 0.15) is 0 Å². The van der Waals surface area contributed by atoms with Gasteiger partial charge < -0.3 is 0 Å². The summed E-state index contributed by atoms with van der Waals surface area (Å²) >= 11 is 1.12. The van der Waals surface area contributed by atoms with E-state index in [4.69, 9.17) is 0 Å². The number of benzene rings is 1. The smallest absolute Gasteiger partial charge is 0.295 e. The first-order chi connectivity index (χ1) is 9.35. The van der Waals surface area contributed by atoms with Crippen molar-refractivity contribution in [2.45, 2.75) is 31.6 Å². The highest BCUT2D eigenvalue weighted by Crippen LogP contribution is 2.27. The highest BCUT2D eigenvalue weighted by atomic mass is 32.2. The second kappa shape index (κ2) is 5.91. The van der Waals surface area contributed by atoms with Gasteiger partial charge in [0.05, 0.1) is 6.42 Å². The van der Waals surface area contributed by atoms with E-state index in [2.05, 4.69) is 11.1 Å². The van der Waals surface area contributed by atoms with Crippen molar-refractivity contribution in [3.63, 3.8) is 0 Å². The molecule has 0 N–H and O–H groups in total. The molecule has 0 spiro atoms. The molecule has 0 aliphatic carbocycles. The molecule has 0 radical (unpaired) electrons. The van der Waals surface area contributed by atoms with Crippen molar-refractivity contribution in [1.82, 2.24) is 9.55 Å². The van der Waals surface area contributed by atoms with Crippen LogP contribution in [0, 0.1) is 13.8 Å². The van der Waals surface area contributed by atoms with E-state index in [0.717, 1.165) is 28.6 Å². The van der Waals surface area contributed by atoms with Crippen molar-refractivity contribution in [2.24, 2.45) is 0 Å². The predicted molar refractivity (Wildman–Crippen MR) is 74.4 cm³/mol. The minimum Gasteiger partial charge on any atom is -0.295 e. The summed E-state index contributed by atoms with van der Waals surface area (Å²) in [7, 11) is 0. The summed E-state index contributed by atoms with van der Waals surface area (Å²) in [6, 6.07) is 6.03. The van der Waals surface area contributed by atoms with Gasteiger partial charge in [-0.3, -0.25) is 4.57 Å². The van der Waals surface area contributed by atoms with Crippen LogP contribution < -0.4 is 0 Å². The minimum atomic E-state index is -4.12. The molecule has 2 rings (SSSR count). The molecule has 2 aromatic rings. The molecule has 0 atom stereocenters. The van der Waals surface area contributed by atoms with Gasteiger partial charge in [0, 0.05) is 23.8 Å². The molecule has 108 valence electrons. The zero-order valence-electron chi connectivity index (χ0n) is 11.2. The first kappa shape index (κ1) is 15.0. The third-order valence-electron chi connectivity index (χ3n) is 2.71. The van der Waals surface area contributed by atoms with Crippen LogP contribution in [0.25, 0.3) is 5.69 Å². The summed E-state index contributed by atoms with van der Waals surface area (Å²) < 4.78 is 38.3. The molecule has 1 aromatic carbocycles. The number of imidazole rings is 1. The first-order valence-corrected chi connectivity index (χ1v) is 7.15. The lowest BCUT2D eigenvalue weighted by molar-refractivity contribution is -0.129. The number of hydrogen-bond donors (Lipinski definition) is 0. The molecule has 1 aromatic heterocycles. The summed E-state index contributed by atoms with van der Waals surface area (Å²) in [5.74, 6) is -0.0225. The lowest BCUT2D eigenvalue weighted by Gasteiger charge is -2.10. The van der Waals surface area contributed by atoms with Crippen molar-refractivity contribution in [3.8, 4) is 5.69 Å². The van der Waals surface area contributed by atoms with E-state index in [1.54, 1.807) is 12.4 Å². The van der Waals surface area contributed by atoms with Crippen LogP contribution in [0.3, 0.4) is 0 Å². The molecule has 0 amide bonds. The maximum Gasteiger partial charge on any atom is 0.389 e. The summed E-state index contributed by atoms with van der Waals surface area (Å²) in [4.78, 5) is 4.13. The molecule has 0 aliphatic heterocycles. The van der Waals surface area contributed by atoms with Crippen LogP contribution in [-0.4, -0.2) is 21.5 Å². The van der Waals surface area contributed by atoms with E-state index in [0.29, 0.717) is 5.16 Å². The Bertz CT molecular complexity index is 570. The van der Waals surface area contributed by atoms with Gasteiger partial charge in [-0.05, 0) is 37.1 Å². The summed E-state index contributed by atoms with van der Waals surface area (Å²) in [6.07, 6.45) is -1.56. The summed E-state index contributed by atoms with van der Waals surface area (Å²) in [6.45, 7) is 3.98. The minimum absolute atomic E-state index is 0.0225. The molecule has 0 fully saturated rings. The molecule has 0 saturated carbocycles. The number of halogens is 3. The molecule has 1 heterocycles. The number of alkyl halides is 3. The predicted octanol–water partition coefficient (Wildman–Crippen LogP) is 4.53. The quantitative estimate of drug-likeness (QED) is 0.772. The average molecular weight is 300 g/mol. The van der Waals surface area contributed by atoms with Crippen LogP contribution in [0.2, 0.25) is 0 Å². The number of thioether (sulfide) groups is 1. The maximum absolute atomic E-state index is 12.2. The molecule has 2 nitrogen and oxygen atoms in total. The fraction of sp³-hybridized carbons (Fsp3) is 0.357. The van der Waals surface area contributed by atoms with Crippen molar-refractivity contribution in [1.29, 1.82) is 0 Å². The monoisotopic (exact) mass is 300 g/mol. The standard InChI is InChI=1S/C14H15F3N2S/c1-10-7-11(2)9-12(8-10)19-5-4-18-13(19)20-6-3-14(15,16)17/h4-5,7-9H,3,6H2,1-2H3. The Morgan fingerprint density at radius 2 is 1.80 bits per heavy atom. The van der Waals surface area contributed by atoms with Gasteiger partial charge in [-0.1, -0.05) is 17.8 Å². The highest BCUT2D eigenvalue weighted by molar-refractivity contribution is 7.99. The molecular formula is C14H15F3N2S. The highest BCUT2D eigenvalue weighted by Gasteiger charge is 2.26. The summed E-state index contributed by atoms with van der Waals surface area (Å²) in [5, 5.41) is 0.583. The SMILES string of the molecule is Cc1cc(C)cc(-n2ccnc2SCCC(F)(F)F)c1. The lowest BCUT2D eigenvalue weighted by Crippen LogP contribution is -2.08.